The van der Waals surface area contributed by atoms with Crippen molar-refractivity contribution < 1.29 is 9.53 Å². The zero-order valence-electron chi connectivity index (χ0n) is 15.1. The van der Waals surface area contributed by atoms with Crippen molar-refractivity contribution in [2.24, 2.45) is 0 Å². The fraction of sp³-hybridized carbons (Fsp3) is 0.250. The van der Waals surface area contributed by atoms with Crippen LogP contribution in [0, 0.1) is 0 Å². The number of hydrogen-bond acceptors (Lipinski definition) is 4. The molecule has 0 unspecified atom stereocenters. The van der Waals surface area contributed by atoms with E-state index in [0.717, 1.165) is 28.1 Å². The molecule has 6 heteroatoms. The molecule has 2 heterocycles. The van der Waals surface area contributed by atoms with Crippen LogP contribution in [0.3, 0.4) is 0 Å². The second-order valence-corrected chi connectivity index (χ2v) is 6.96. The van der Waals surface area contributed by atoms with Gasteiger partial charge >= 0.3 is 6.09 Å². The largest absolute Gasteiger partial charge is 0.444 e. The quantitative estimate of drug-likeness (QED) is 0.740. The average molecular weight is 350 g/mol. The van der Waals surface area contributed by atoms with Crippen molar-refractivity contribution in [2.45, 2.75) is 32.9 Å². The Kier molecular flexibility index (Phi) is 5.02. The first-order chi connectivity index (χ1) is 12.4. The van der Waals surface area contributed by atoms with Gasteiger partial charge in [-0.25, -0.2) is 4.79 Å². The summed E-state index contributed by atoms with van der Waals surface area (Å²) >= 11 is 0. The van der Waals surface area contributed by atoms with Gasteiger partial charge in [0.25, 0.3) is 0 Å². The molecule has 0 atom stereocenters. The van der Waals surface area contributed by atoms with Crippen molar-refractivity contribution >= 4 is 6.09 Å². The SMILES string of the molecule is CC(C)(C)OC(=O)NCc1cccc(-c2cc(-c3cccnc3)n[nH]2)c1. The number of carbonyl (C=O) groups excluding carboxylic acids is 1. The van der Waals surface area contributed by atoms with Crippen LogP contribution in [-0.2, 0) is 11.3 Å². The molecule has 0 saturated carbocycles. The van der Waals surface area contributed by atoms with Gasteiger partial charge in [0, 0.05) is 24.5 Å². The summed E-state index contributed by atoms with van der Waals surface area (Å²) in [6.45, 7) is 5.91. The van der Waals surface area contributed by atoms with E-state index in [-0.39, 0.29) is 0 Å². The van der Waals surface area contributed by atoms with Crippen LogP contribution < -0.4 is 5.32 Å². The lowest BCUT2D eigenvalue weighted by molar-refractivity contribution is 0.0523. The number of carbonyl (C=O) groups is 1. The van der Waals surface area contributed by atoms with E-state index in [1.165, 1.54) is 0 Å². The molecule has 0 aliphatic carbocycles. The lowest BCUT2D eigenvalue weighted by Crippen LogP contribution is -2.32. The highest BCUT2D eigenvalue weighted by Crippen LogP contribution is 2.24. The Balaban J connectivity index is 1.70. The van der Waals surface area contributed by atoms with Gasteiger partial charge in [-0.15, -0.1) is 0 Å². The summed E-state index contributed by atoms with van der Waals surface area (Å²) in [5.41, 5.74) is 4.16. The van der Waals surface area contributed by atoms with Gasteiger partial charge in [-0.05, 0) is 56.2 Å². The molecule has 6 nitrogen and oxygen atoms in total. The fourth-order valence-corrected chi connectivity index (χ4v) is 2.47. The van der Waals surface area contributed by atoms with E-state index < -0.39 is 11.7 Å². The van der Waals surface area contributed by atoms with Crippen LogP contribution in [-0.4, -0.2) is 26.9 Å². The zero-order chi connectivity index (χ0) is 18.6. The van der Waals surface area contributed by atoms with Gasteiger partial charge in [0.05, 0.1) is 11.4 Å². The molecule has 1 amide bonds. The van der Waals surface area contributed by atoms with Gasteiger partial charge in [-0.2, -0.15) is 5.10 Å². The molecule has 1 aromatic carbocycles. The topological polar surface area (TPSA) is 79.9 Å². The van der Waals surface area contributed by atoms with E-state index in [1.54, 1.807) is 12.4 Å². The van der Waals surface area contributed by atoms with E-state index in [2.05, 4.69) is 20.5 Å². The fourth-order valence-electron chi connectivity index (χ4n) is 2.47. The molecule has 0 saturated heterocycles. The molecule has 3 rings (SSSR count). The number of nitrogens with zero attached hydrogens (tertiary/aromatic N) is 2. The maximum absolute atomic E-state index is 11.8. The van der Waals surface area contributed by atoms with Crippen LogP contribution in [0.1, 0.15) is 26.3 Å². The highest BCUT2D eigenvalue weighted by Gasteiger charge is 2.15. The number of rotatable bonds is 4. The summed E-state index contributed by atoms with van der Waals surface area (Å²) in [5.74, 6) is 0. The molecule has 2 aromatic heterocycles. The summed E-state index contributed by atoms with van der Waals surface area (Å²) in [4.78, 5) is 15.9. The second-order valence-electron chi connectivity index (χ2n) is 6.96. The van der Waals surface area contributed by atoms with Crippen LogP contribution >= 0.6 is 0 Å². The number of ether oxygens (including phenoxy) is 1. The Morgan fingerprint density at radius 2 is 1.96 bits per heavy atom. The smallest absolute Gasteiger partial charge is 0.407 e. The Bertz CT molecular complexity index is 882. The van der Waals surface area contributed by atoms with Gasteiger partial charge in [-0.1, -0.05) is 18.2 Å². The Morgan fingerprint density at radius 3 is 2.69 bits per heavy atom. The third-order valence-electron chi connectivity index (χ3n) is 3.61. The molecular formula is C20H22N4O2. The van der Waals surface area contributed by atoms with Gasteiger partial charge in [0.15, 0.2) is 0 Å². The Morgan fingerprint density at radius 1 is 1.15 bits per heavy atom. The minimum atomic E-state index is -0.509. The Labute approximate surface area is 152 Å². The highest BCUT2D eigenvalue weighted by atomic mass is 16.6. The van der Waals surface area contributed by atoms with Crippen LogP contribution in [0.2, 0.25) is 0 Å². The van der Waals surface area contributed by atoms with Crippen LogP contribution in [0.15, 0.2) is 54.9 Å². The van der Waals surface area contributed by atoms with Crippen molar-refractivity contribution in [3.8, 4) is 22.5 Å². The van der Waals surface area contributed by atoms with E-state index in [4.69, 9.17) is 4.74 Å². The van der Waals surface area contributed by atoms with E-state index >= 15 is 0 Å². The van der Waals surface area contributed by atoms with Crippen LogP contribution in [0.25, 0.3) is 22.5 Å². The second kappa shape index (κ2) is 7.39. The van der Waals surface area contributed by atoms with E-state index in [1.807, 2.05) is 63.2 Å². The number of aromatic nitrogens is 3. The molecule has 0 radical (unpaired) electrons. The molecule has 0 spiro atoms. The number of H-pyrrole nitrogens is 1. The van der Waals surface area contributed by atoms with Gasteiger partial charge in [0.2, 0.25) is 0 Å². The van der Waals surface area contributed by atoms with E-state index in [0.29, 0.717) is 6.54 Å². The normalized spacial score (nSPS) is 11.2. The predicted molar refractivity (Wildman–Crippen MR) is 100 cm³/mol. The molecule has 134 valence electrons. The molecule has 0 aliphatic rings. The van der Waals surface area contributed by atoms with Crippen molar-refractivity contribution in [1.82, 2.24) is 20.5 Å². The lowest BCUT2D eigenvalue weighted by Gasteiger charge is -2.19. The standard InChI is InChI=1S/C20H22N4O2/c1-20(2,3)26-19(25)22-12-14-6-4-7-15(10-14)17-11-18(24-23-17)16-8-5-9-21-13-16/h4-11,13H,12H2,1-3H3,(H,22,25)(H,23,24). The first kappa shape index (κ1) is 17.7. The van der Waals surface area contributed by atoms with Gasteiger partial charge in [-0.3, -0.25) is 10.1 Å². The van der Waals surface area contributed by atoms with Gasteiger partial charge in [0.1, 0.15) is 5.60 Å². The molecule has 2 N–H and O–H groups in total. The number of alkyl carbamates (subject to hydrolysis) is 1. The van der Waals surface area contributed by atoms with Gasteiger partial charge < -0.3 is 10.1 Å². The number of hydrogen-bond donors (Lipinski definition) is 2. The van der Waals surface area contributed by atoms with Crippen LogP contribution in [0.4, 0.5) is 4.79 Å². The van der Waals surface area contributed by atoms with Crippen molar-refractivity contribution in [1.29, 1.82) is 0 Å². The number of benzene rings is 1. The minimum Gasteiger partial charge on any atom is -0.444 e. The molecule has 0 bridgehead atoms. The van der Waals surface area contributed by atoms with Crippen molar-refractivity contribution in [3.63, 3.8) is 0 Å². The third kappa shape index (κ3) is 4.69. The molecule has 0 aliphatic heterocycles. The lowest BCUT2D eigenvalue weighted by atomic mass is 10.1. The summed E-state index contributed by atoms with van der Waals surface area (Å²) < 4.78 is 5.25. The Hall–Kier alpha value is -3.15. The molecule has 3 aromatic rings. The highest BCUT2D eigenvalue weighted by molar-refractivity contribution is 5.69. The first-order valence-corrected chi connectivity index (χ1v) is 8.43. The molecular weight excluding hydrogens is 328 g/mol. The van der Waals surface area contributed by atoms with Crippen molar-refractivity contribution in [2.75, 3.05) is 0 Å². The first-order valence-electron chi connectivity index (χ1n) is 8.43. The zero-order valence-corrected chi connectivity index (χ0v) is 15.1. The number of nitrogens with one attached hydrogen (secondary N) is 2. The maximum Gasteiger partial charge on any atom is 0.407 e. The summed E-state index contributed by atoms with van der Waals surface area (Å²) in [6, 6.07) is 13.7. The summed E-state index contributed by atoms with van der Waals surface area (Å²) in [7, 11) is 0. The third-order valence-corrected chi connectivity index (χ3v) is 3.61. The number of amides is 1. The van der Waals surface area contributed by atoms with Crippen LogP contribution in [0.5, 0.6) is 0 Å². The minimum absolute atomic E-state index is 0.395. The van der Waals surface area contributed by atoms with Crippen molar-refractivity contribution in [3.05, 3.63) is 60.4 Å². The monoisotopic (exact) mass is 350 g/mol. The maximum atomic E-state index is 11.8. The average Bonchev–Trinajstić information content (AvgIpc) is 3.10. The van der Waals surface area contributed by atoms with E-state index in [9.17, 15) is 4.79 Å². The molecule has 0 fully saturated rings. The number of pyridine rings is 1. The summed E-state index contributed by atoms with van der Waals surface area (Å²) in [5, 5.41) is 10.2. The summed E-state index contributed by atoms with van der Waals surface area (Å²) in [6.07, 6.45) is 3.09. The predicted octanol–water partition coefficient (Wildman–Crippen LogP) is 4.16. The molecule has 26 heavy (non-hydrogen) atoms. The number of aromatic amines is 1.